The number of amides is 4. The van der Waals surface area contributed by atoms with Gasteiger partial charge in [0, 0.05) is 6.42 Å². The Morgan fingerprint density at radius 3 is 2.19 bits per heavy atom. The van der Waals surface area contributed by atoms with Crippen molar-refractivity contribution in [3.63, 3.8) is 0 Å². The van der Waals surface area contributed by atoms with E-state index < -0.39 is 54.5 Å². The normalized spacial score (nSPS) is 19.3. The van der Waals surface area contributed by atoms with E-state index in [1.807, 2.05) is 20.8 Å². The Kier molecular flexibility index (Phi) is 11.1. The van der Waals surface area contributed by atoms with E-state index in [4.69, 9.17) is 4.74 Å². The lowest BCUT2D eigenvalue weighted by molar-refractivity contribution is -0.147. The average molecular weight is 457 g/mol. The number of esters is 1. The number of ether oxygens (including phenoxy) is 1. The van der Waals surface area contributed by atoms with Crippen molar-refractivity contribution < 1.29 is 33.8 Å². The molecule has 11 nitrogen and oxygen atoms in total. The van der Waals surface area contributed by atoms with Gasteiger partial charge in [0.05, 0.1) is 13.7 Å². The number of aliphatic hydroxyl groups is 1. The zero-order valence-corrected chi connectivity index (χ0v) is 19.4. The van der Waals surface area contributed by atoms with Crippen molar-refractivity contribution >= 4 is 29.6 Å². The average Bonchev–Trinajstić information content (AvgIpc) is 3.19. The van der Waals surface area contributed by atoms with Crippen molar-refractivity contribution in [3.8, 4) is 0 Å². The highest BCUT2D eigenvalue weighted by Gasteiger charge is 2.34. The summed E-state index contributed by atoms with van der Waals surface area (Å²) >= 11 is 0. The van der Waals surface area contributed by atoms with E-state index >= 15 is 0 Å². The maximum atomic E-state index is 12.9. The molecule has 32 heavy (non-hydrogen) atoms. The molecule has 0 aromatic heterocycles. The fraction of sp³-hybridized carbons (Fsp3) is 0.762. The van der Waals surface area contributed by atoms with Crippen molar-refractivity contribution in [3.05, 3.63) is 0 Å². The Balaban J connectivity index is 2.87. The number of methoxy groups -OCH3 is 1. The van der Waals surface area contributed by atoms with Crippen LogP contribution < -0.4 is 21.3 Å². The Hall–Kier alpha value is -2.69. The van der Waals surface area contributed by atoms with Crippen LogP contribution >= 0.6 is 0 Å². The summed E-state index contributed by atoms with van der Waals surface area (Å²) in [5.41, 5.74) is 0. The van der Waals surface area contributed by atoms with E-state index in [9.17, 15) is 29.1 Å². The molecular formula is C21H36N4O7. The van der Waals surface area contributed by atoms with Gasteiger partial charge < -0.3 is 31.1 Å². The first-order valence-electron chi connectivity index (χ1n) is 10.9. The quantitative estimate of drug-likeness (QED) is 0.235. The summed E-state index contributed by atoms with van der Waals surface area (Å²) in [5, 5.41) is 19.7. The van der Waals surface area contributed by atoms with Crippen LogP contribution in [0.4, 0.5) is 0 Å². The zero-order valence-electron chi connectivity index (χ0n) is 19.4. The molecule has 0 radical (unpaired) electrons. The fourth-order valence-electron chi connectivity index (χ4n) is 3.30. The van der Waals surface area contributed by atoms with Crippen molar-refractivity contribution in [2.45, 2.75) is 77.5 Å². The Labute approximate surface area is 188 Å². The van der Waals surface area contributed by atoms with Gasteiger partial charge in [0.1, 0.15) is 24.2 Å². The van der Waals surface area contributed by atoms with Crippen LogP contribution in [0.3, 0.4) is 0 Å². The highest BCUT2D eigenvalue weighted by molar-refractivity contribution is 5.96. The van der Waals surface area contributed by atoms with Crippen molar-refractivity contribution in [2.24, 2.45) is 11.8 Å². The van der Waals surface area contributed by atoms with Crippen LogP contribution in [0.5, 0.6) is 0 Å². The summed E-state index contributed by atoms with van der Waals surface area (Å²) in [4.78, 5) is 61.3. The molecule has 0 bridgehead atoms. The van der Waals surface area contributed by atoms with Crippen LogP contribution in [0.25, 0.3) is 0 Å². The third-order valence-electron chi connectivity index (χ3n) is 5.43. The molecule has 1 aliphatic heterocycles. The monoisotopic (exact) mass is 456 g/mol. The van der Waals surface area contributed by atoms with Crippen LogP contribution in [0, 0.1) is 11.8 Å². The van der Waals surface area contributed by atoms with Crippen LogP contribution in [0.2, 0.25) is 0 Å². The van der Waals surface area contributed by atoms with Gasteiger partial charge in [-0.05, 0) is 24.7 Å². The molecule has 1 aliphatic rings. The summed E-state index contributed by atoms with van der Waals surface area (Å²) < 4.78 is 4.78. The molecule has 0 unspecified atom stereocenters. The predicted molar refractivity (Wildman–Crippen MR) is 115 cm³/mol. The number of aliphatic hydroxyl groups excluding tert-OH is 1. The van der Waals surface area contributed by atoms with E-state index in [2.05, 4.69) is 21.3 Å². The number of nitrogens with one attached hydrogen (secondary N) is 4. The summed E-state index contributed by atoms with van der Waals surface area (Å²) in [6, 6.07) is -3.93. The third-order valence-corrected chi connectivity index (χ3v) is 5.43. The van der Waals surface area contributed by atoms with E-state index in [0.29, 0.717) is 12.8 Å². The Morgan fingerprint density at radius 2 is 1.72 bits per heavy atom. The largest absolute Gasteiger partial charge is 0.467 e. The van der Waals surface area contributed by atoms with Crippen LogP contribution in [0.15, 0.2) is 0 Å². The van der Waals surface area contributed by atoms with Crippen molar-refractivity contribution in [2.75, 3.05) is 13.7 Å². The standard InChI is InChI=1S/C21H36N4O7/c1-6-12(4)17(21(31)32-5)25-19(29)14(9-11(2)3)23-20(30)15(10-26)24-18(28)13-7-8-16(27)22-13/h11-15,17,26H,6-10H2,1-5H3,(H,22,27)(H,23,30)(H,24,28)(H,25,29)/t12-,13+,14-,15-,17+/m1/s1. The number of carbonyl (C=O) groups is 5. The van der Waals surface area contributed by atoms with Gasteiger partial charge in [-0.15, -0.1) is 0 Å². The lowest BCUT2D eigenvalue weighted by Gasteiger charge is -2.27. The minimum Gasteiger partial charge on any atom is -0.467 e. The molecule has 1 fully saturated rings. The fourth-order valence-corrected chi connectivity index (χ4v) is 3.30. The van der Waals surface area contributed by atoms with Gasteiger partial charge in [-0.3, -0.25) is 19.2 Å². The van der Waals surface area contributed by atoms with Crippen LogP contribution in [-0.2, 0) is 28.7 Å². The maximum absolute atomic E-state index is 12.9. The molecule has 5 atom stereocenters. The number of carbonyl (C=O) groups excluding carboxylic acids is 5. The molecule has 1 saturated heterocycles. The smallest absolute Gasteiger partial charge is 0.328 e. The van der Waals surface area contributed by atoms with Gasteiger partial charge in [-0.1, -0.05) is 34.1 Å². The first-order chi connectivity index (χ1) is 15.0. The highest BCUT2D eigenvalue weighted by Crippen LogP contribution is 2.12. The van der Waals surface area contributed by atoms with Crippen LogP contribution in [0.1, 0.15) is 53.4 Å². The molecule has 11 heteroatoms. The minimum absolute atomic E-state index is 0.0297. The number of rotatable bonds is 12. The van der Waals surface area contributed by atoms with Gasteiger partial charge in [0.25, 0.3) is 0 Å². The Bertz CT molecular complexity index is 698. The lowest BCUT2D eigenvalue weighted by Crippen LogP contribution is -2.58. The highest BCUT2D eigenvalue weighted by atomic mass is 16.5. The first-order valence-corrected chi connectivity index (χ1v) is 10.9. The van der Waals surface area contributed by atoms with Crippen molar-refractivity contribution in [1.82, 2.24) is 21.3 Å². The number of hydrogen-bond donors (Lipinski definition) is 5. The maximum Gasteiger partial charge on any atom is 0.328 e. The Morgan fingerprint density at radius 1 is 1.09 bits per heavy atom. The molecule has 1 heterocycles. The predicted octanol–water partition coefficient (Wildman–Crippen LogP) is -1.02. The topological polar surface area (TPSA) is 163 Å². The van der Waals surface area contributed by atoms with Gasteiger partial charge in [0.15, 0.2) is 0 Å². The van der Waals surface area contributed by atoms with Gasteiger partial charge in [-0.25, -0.2) is 4.79 Å². The molecule has 4 amide bonds. The number of hydrogen-bond acceptors (Lipinski definition) is 7. The molecule has 1 rings (SSSR count). The van der Waals surface area contributed by atoms with E-state index in [0.717, 1.165) is 0 Å². The van der Waals surface area contributed by atoms with Gasteiger partial charge in [0.2, 0.25) is 23.6 Å². The molecule has 0 aromatic carbocycles. The molecule has 5 N–H and O–H groups in total. The SMILES string of the molecule is CC[C@@H](C)[C@H](NC(=O)[C@@H](CC(C)C)NC(=O)[C@@H](CO)NC(=O)[C@@H]1CCC(=O)N1)C(=O)OC. The molecule has 182 valence electrons. The first kappa shape index (κ1) is 27.3. The van der Waals surface area contributed by atoms with Gasteiger partial charge >= 0.3 is 5.97 Å². The van der Waals surface area contributed by atoms with Crippen LogP contribution in [-0.4, -0.2) is 72.6 Å². The van der Waals surface area contributed by atoms with Gasteiger partial charge in [-0.2, -0.15) is 0 Å². The third kappa shape index (κ3) is 8.10. The molecule has 0 aliphatic carbocycles. The van der Waals surface area contributed by atoms with E-state index in [-0.39, 0.29) is 30.6 Å². The summed E-state index contributed by atoms with van der Waals surface area (Å²) in [6.45, 7) is 6.73. The summed E-state index contributed by atoms with van der Waals surface area (Å²) in [7, 11) is 1.23. The van der Waals surface area contributed by atoms with E-state index in [1.165, 1.54) is 7.11 Å². The van der Waals surface area contributed by atoms with Crippen molar-refractivity contribution in [1.29, 1.82) is 0 Å². The second-order valence-corrected chi connectivity index (χ2v) is 8.49. The minimum atomic E-state index is -1.30. The summed E-state index contributed by atoms with van der Waals surface area (Å²) in [6.07, 6.45) is 1.41. The lowest BCUT2D eigenvalue weighted by atomic mass is 9.97. The molecule has 0 aromatic rings. The second kappa shape index (κ2) is 13.0. The molecule has 0 saturated carbocycles. The second-order valence-electron chi connectivity index (χ2n) is 8.49. The van der Waals surface area contributed by atoms with E-state index in [1.54, 1.807) is 6.92 Å². The summed E-state index contributed by atoms with van der Waals surface area (Å²) in [5.74, 6) is -2.89. The molecular weight excluding hydrogens is 420 g/mol. The molecule has 0 spiro atoms. The zero-order chi connectivity index (χ0) is 24.4.